The van der Waals surface area contributed by atoms with Crippen molar-refractivity contribution in [3.05, 3.63) is 56.5 Å². The number of rotatable bonds is 7. The lowest BCUT2D eigenvalue weighted by Crippen LogP contribution is -1.93. The molecule has 1 nitrogen and oxygen atoms in total. The number of hydrogen-bond donors (Lipinski definition) is 0. The van der Waals surface area contributed by atoms with Crippen LogP contribution in [-0.4, -0.2) is 0 Å². The molecular formula is C17H20ClIO. The summed E-state index contributed by atoms with van der Waals surface area (Å²) in [5.74, 6) is 2.73. The first-order chi connectivity index (χ1) is 9.76. The average Bonchev–Trinajstić information content (AvgIpc) is 2.79. The Morgan fingerprint density at radius 3 is 2.45 bits per heavy atom. The fraction of sp³-hybridized carbons (Fsp3) is 0.412. The van der Waals surface area contributed by atoms with Gasteiger partial charge in [0.05, 0.1) is 9.45 Å². The van der Waals surface area contributed by atoms with Gasteiger partial charge >= 0.3 is 0 Å². The Hall–Kier alpha value is -0.480. The third-order valence-corrected chi connectivity index (χ3v) is 4.99. The number of hydrogen-bond acceptors (Lipinski definition) is 1. The zero-order valence-electron chi connectivity index (χ0n) is 11.8. The monoisotopic (exact) mass is 402 g/mol. The van der Waals surface area contributed by atoms with E-state index in [0.717, 1.165) is 30.8 Å². The topological polar surface area (TPSA) is 13.1 Å². The van der Waals surface area contributed by atoms with Gasteiger partial charge < -0.3 is 4.42 Å². The molecule has 0 N–H and O–H groups in total. The Bertz CT molecular complexity index is 533. The molecule has 0 aliphatic carbocycles. The van der Waals surface area contributed by atoms with Gasteiger partial charge in [-0.15, -0.1) is 11.6 Å². The number of alkyl halides is 1. The Morgan fingerprint density at radius 2 is 1.80 bits per heavy atom. The first kappa shape index (κ1) is 15.9. The van der Waals surface area contributed by atoms with Gasteiger partial charge in [0.1, 0.15) is 11.5 Å². The second-order valence-corrected chi connectivity index (χ2v) is 6.31. The molecule has 1 heterocycles. The first-order valence-corrected chi connectivity index (χ1v) is 8.76. The molecule has 2 rings (SSSR count). The summed E-state index contributed by atoms with van der Waals surface area (Å²) >= 11 is 8.48. The van der Waals surface area contributed by atoms with E-state index in [4.69, 9.17) is 16.0 Å². The van der Waals surface area contributed by atoms with Gasteiger partial charge in [-0.1, -0.05) is 43.7 Å². The molecule has 0 saturated carbocycles. The molecule has 0 atom stereocenters. The molecule has 0 amide bonds. The van der Waals surface area contributed by atoms with Crippen molar-refractivity contribution < 1.29 is 4.42 Å². The smallest absolute Gasteiger partial charge is 0.117 e. The second kappa shape index (κ2) is 8.08. The molecule has 0 spiro atoms. The summed E-state index contributed by atoms with van der Waals surface area (Å²) < 4.78 is 7.30. The van der Waals surface area contributed by atoms with E-state index in [2.05, 4.69) is 53.8 Å². The molecule has 0 unspecified atom stereocenters. The van der Waals surface area contributed by atoms with Crippen LogP contribution in [0.15, 0.2) is 34.7 Å². The van der Waals surface area contributed by atoms with E-state index in [9.17, 15) is 0 Å². The summed E-state index contributed by atoms with van der Waals surface area (Å²) in [6.45, 7) is 2.20. The molecule has 0 radical (unpaired) electrons. The predicted molar refractivity (Wildman–Crippen MR) is 93.4 cm³/mol. The van der Waals surface area contributed by atoms with E-state index in [-0.39, 0.29) is 0 Å². The molecule has 2 aromatic rings. The van der Waals surface area contributed by atoms with Gasteiger partial charge in [0.15, 0.2) is 0 Å². The summed E-state index contributed by atoms with van der Waals surface area (Å²) in [5, 5.41) is 0. The van der Waals surface area contributed by atoms with Crippen LogP contribution >= 0.6 is 34.2 Å². The molecule has 0 fully saturated rings. The highest BCUT2D eigenvalue weighted by Gasteiger charge is 2.16. The van der Waals surface area contributed by atoms with Crippen LogP contribution in [0.5, 0.6) is 0 Å². The van der Waals surface area contributed by atoms with Crippen LogP contribution in [-0.2, 0) is 25.1 Å². The van der Waals surface area contributed by atoms with Crippen molar-refractivity contribution in [1.29, 1.82) is 0 Å². The minimum Gasteiger partial charge on any atom is -0.465 e. The lowest BCUT2D eigenvalue weighted by atomic mass is 10.1. The van der Waals surface area contributed by atoms with E-state index in [1.165, 1.54) is 27.5 Å². The maximum Gasteiger partial charge on any atom is 0.117 e. The van der Waals surface area contributed by atoms with Gasteiger partial charge in [0, 0.05) is 18.4 Å². The highest BCUT2D eigenvalue weighted by atomic mass is 127. The molecular weight excluding hydrogens is 383 g/mol. The highest BCUT2D eigenvalue weighted by molar-refractivity contribution is 14.1. The normalized spacial score (nSPS) is 10.9. The van der Waals surface area contributed by atoms with Crippen molar-refractivity contribution in [2.45, 2.75) is 44.9 Å². The predicted octanol–water partition coefficient (Wildman–Crippen LogP) is 5.75. The third kappa shape index (κ3) is 4.01. The minimum atomic E-state index is 0.540. The minimum absolute atomic E-state index is 0.540. The van der Waals surface area contributed by atoms with E-state index < -0.39 is 0 Å². The van der Waals surface area contributed by atoms with Crippen molar-refractivity contribution in [3.63, 3.8) is 0 Å². The lowest BCUT2D eigenvalue weighted by Gasteiger charge is -2.01. The molecule has 0 aliphatic rings. The van der Waals surface area contributed by atoms with E-state index in [1.807, 2.05) is 6.07 Å². The summed E-state index contributed by atoms with van der Waals surface area (Å²) in [5.41, 5.74) is 2.53. The van der Waals surface area contributed by atoms with Gasteiger partial charge in [-0.05, 0) is 41.0 Å². The lowest BCUT2D eigenvalue weighted by molar-refractivity contribution is 0.454. The van der Waals surface area contributed by atoms with Gasteiger partial charge in [-0.3, -0.25) is 0 Å². The third-order valence-electron chi connectivity index (χ3n) is 3.47. The molecule has 1 aromatic carbocycles. The van der Waals surface area contributed by atoms with Crippen LogP contribution < -0.4 is 0 Å². The number of aryl methyl sites for hydroxylation is 3. The van der Waals surface area contributed by atoms with E-state index in [1.54, 1.807) is 0 Å². The van der Waals surface area contributed by atoms with Crippen LogP contribution in [0.3, 0.4) is 0 Å². The second-order valence-electron chi connectivity index (χ2n) is 4.96. The molecule has 3 heteroatoms. The van der Waals surface area contributed by atoms with Crippen molar-refractivity contribution in [3.8, 4) is 0 Å². The van der Waals surface area contributed by atoms with Crippen molar-refractivity contribution in [2.75, 3.05) is 0 Å². The van der Waals surface area contributed by atoms with Crippen molar-refractivity contribution >= 4 is 34.2 Å². The molecule has 0 aliphatic heterocycles. The zero-order valence-corrected chi connectivity index (χ0v) is 14.7. The number of furan rings is 1. The highest BCUT2D eigenvalue weighted by Crippen LogP contribution is 2.28. The number of benzene rings is 1. The summed E-state index contributed by atoms with van der Waals surface area (Å²) in [6, 6.07) is 10.5. The molecule has 108 valence electrons. The molecule has 1 aromatic heterocycles. The number of halogens is 2. The Kier molecular flexibility index (Phi) is 6.43. The van der Waals surface area contributed by atoms with Crippen molar-refractivity contribution in [2.24, 2.45) is 0 Å². The maximum atomic E-state index is 6.10. The fourth-order valence-corrected chi connectivity index (χ4v) is 3.66. The largest absolute Gasteiger partial charge is 0.465 e. The Morgan fingerprint density at radius 1 is 1.05 bits per heavy atom. The van der Waals surface area contributed by atoms with Gasteiger partial charge in [-0.25, -0.2) is 0 Å². The average molecular weight is 403 g/mol. The zero-order chi connectivity index (χ0) is 14.4. The fourth-order valence-electron chi connectivity index (χ4n) is 2.28. The van der Waals surface area contributed by atoms with Crippen LogP contribution in [0.25, 0.3) is 0 Å². The van der Waals surface area contributed by atoms with Crippen LogP contribution in [0.4, 0.5) is 0 Å². The Labute approximate surface area is 139 Å². The van der Waals surface area contributed by atoms with Crippen molar-refractivity contribution in [1.82, 2.24) is 0 Å². The summed E-state index contributed by atoms with van der Waals surface area (Å²) in [6.07, 6.45) is 5.30. The molecule has 20 heavy (non-hydrogen) atoms. The summed E-state index contributed by atoms with van der Waals surface area (Å²) in [7, 11) is 0. The first-order valence-electron chi connectivity index (χ1n) is 7.15. The SMILES string of the molecule is CCCCc1oc(CCc2ccccc2)c(CCl)c1I. The van der Waals surface area contributed by atoms with Crippen LogP contribution in [0.2, 0.25) is 0 Å². The Balaban J connectivity index is 2.10. The quantitative estimate of drug-likeness (QED) is 0.424. The standard InChI is InChI=1S/C17H20ClIO/c1-2-3-9-16-17(19)14(12-18)15(20-16)11-10-13-7-5-4-6-8-13/h4-8H,2-3,9-12H2,1H3. The maximum absolute atomic E-state index is 6.10. The van der Waals surface area contributed by atoms with Gasteiger partial charge in [-0.2, -0.15) is 0 Å². The van der Waals surface area contributed by atoms with Gasteiger partial charge in [0.2, 0.25) is 0 Å². The van der Waals surface area contributed by atoms with E-state index >= 15 is 0 Å². The van der Waals surface area contributed by atoms with Crippen LogP contribution in [0, 0.1) is 3.57 Å². The molecule has 0 bridgehead atoms. The van der Waals surface area contributed by atoms with E-state index in [0.29, 0.717) is 5.88 Å². The van der Waals surface area contributed by atoms with Crippen LogP contribution in [0.1, 0.15) is 42.4 Å². The van der Waals surface area contributed by atoms with Gasteiger partial charge in [0.25, 0.3) is 0 Å². The summed E-state index contributed by atoms with van der Waals surface area (Å²) in [4.78, 5) is 0. The molecule has 0 saturated heterocycles. The number of unbranched alkanes of at least 4 members (excludes halogenated alkanes) is 1.